The molecule has 0 bridgehead atoms. The molecule has 0 amide bonds. The summed E-state index contributed by atoms with van der Waals surface area (Å²) in [7, 11) is 0.999. The Balaban J connectivity index is 0. The third-order valence-electron chi connectivity index (χ3n) is 3.84. The summed E-state index contributed by atoms with van der Waals surface area (Å²) in [5, 5.41) is 0.639. The summed E-state index contributed by atoms with van der Waals surface area (Å²) in [4.78, 5) is 0. The summed E-state index contributed by atoms with van der Waals surface area (Å²) >= 11 is 0. The molecule has 0 aliphatic carbocycles. The summed E-state index contributed by atoms with van der Waals surface area (Å²) in [6, 6.07) is 0. The number of rotatable bonds is 2. The number of hydrogen-bond acceptors (Lipinski definition) is 0. The number of hydrogen-bond donors (Lipinski definition) is 0. The highest BCUT2D eigenvalue weighted by Gasteiger charge is 2.15. The van der Waals surface area contributed by atoms with Gasteiger partial charge in [-0.3, -0.25) is 0 Å². The van der Waals surface area contributed by atoms with Gasteiger partial charge < -0.3 is 0 Å². The smallest absolute Gasteiger partial charge is 0.0361 e. The van der Waals surface area contributed by atoms with E-state index < -0.39 is 0 Å². The van der Waals surface area contributed by atoms with Crippen molar-refractivity contribution in [2.45, 2.75) is 72.1 Å². The third kappa shape index (κ3) is 10.7. The minimum absolute atomic E-state index is 0.359. The van der Waals surface area contributed by atoms with Crippen LogP contribution in [0.25, 0.3) is 0 Å². The first-order valence-corrected chi connectivity index (χ1v) is 10.5. The fraction of sp³-hybridized carbons (Fsp3) is 1.00. The van der Waals surface area contributed by atoms with E-state index in [1.165, 1.54) is 10.2 Å². The molecule has 0 aromatic carbocycles. The molecule has 0 radical (unpaired) electrons. The van der Waals surface area contributed by atoms with Crippen molar-refractivity contribution in [2.24, 2.45) is 11.8 Å². The zero-order valence-corrected chi connectivity index (χ0v) is 16.0. The second kappa shape index (κ2) is 7.67. The van der Waals surface area contributed by atoms with Crippen LogP contribution in [0.5, 0.6) is 0 Å². The lowest BCUT2D eigenvalue weighted by molar-refractivity contribution is 0.469. The van der Waals surface area contributed by atoms with Gasteiger partial charge >= 0.3 is 0 Å². The second-order valence-corrected chi connectivity index (χ2v) is 12.2. The van der Waals surface area contributed by atoms with Crippen molar-refractivity contribution in [3.8, 4) is 0 Å². The van der Waals surface area contributed by atoms with Gasteiger partial charge in [0.05, 0.1) is 0 Å². The highest BCUT2D eigenvalue weighted by atomic mass is 28.3. The van der Waals surface area contributed by atoms with Crippen molar-refractivity contribution in [3.63, 3.8) is 0 Å². The van der Waals surface area contributed by atoms with Crippen LogP contribution in [0.2, 0.25) is 23.7 Å². The molecule has 0 rings (SSSR count). The van der Waals surface area contributed by atoms with E-state index in [1.54, 1.807) is 0 Å². The summed E-state index contributed by atoms with van der Waals surface area (Å²) in [6.07, 6.45) is 0. The van der Waals surface area contributed by atoms with Crippen LogP contribution in [-0.2, 0) is 0 Å². The maximum atomic E-state index is 2.39. The SMILES string of the molecule is CC(C)C([SiH3])C(C)C.C[SiH](C)C(C)(C)C. The summed E-state index contributed by atoms with van der Waals surface area (Å²) < 4.78 is 0. The lowest BCUT2D eigenvalue weighted by Crippen LogP contribution is -2.16. The van der Waals surface area contributed by atoms with Gasteiger partial charge in [0.15, 0.2) is 0 Å². The van der Waals surface area contributed by atoms with E-state index >= 15 is 0 Å². The molecule has 94 valence electrons. The van der Waals surface area contributed by atoms with E-state index in [0.29, 0.717) is 5.04 Å². The largest absolute Gasteiger partial charge is 0.0718 e. The van der Waals surface area contributed by atoms with Gasteiger partial charge in [-0.2, -0.15) is 0 Å². The molecule has 0 aliphatic heterocycles. The van der Waals surface area contributed by atoms with Gasteiger partial charge in [0.2, 0.25) is 0 Å². The van der Waals surface area contributed by atoms with Crippen molar-refractivity contribution in [1.82, 2.24) is 0 Å². The molecule has 0 aromatic rings. The standard InChI is InChI=1S/C7H18Si.C6H16Si/c1-5(2)7(8)6(3)4;1-6(2,3)7(4)5/h5-7H,1-4,8H3;7H,1-5H3. The van der Waals surface area contributed by atoms with E-state index in [2.05, 4.69) is 61.6 Å². The highest BCUT2D eigenvalue weighted by molar-refractivity contribution is 6.59. The van der Waals surface area contributed by atoms with Crippen LogP contribution in [0.4, 0.5) is 0 Å². The summed E-state index contributed by atoms with van der Waals surface area (Å²) in [5.74, 6) is 1.81. The van der Waals surface area contributed by atoms with Crippen LogP contribution >= 0.6 is 0 Å². The Kier molecular flexibility index (Phi) is 9.11. The van der Waals surface area contributed by atoms with Crippen molar-refractivity contribution < 1.29 is 0 Å². The molecule has 0 atom stereocenters. The predicted molar refractivity (Wildman–Crippen MR) is 82.0 cm³/mol. The van der Waals surface area contributed by atoms with E-state index in [-0.39, 0.29) is 8.80 Å². The molecule has 15 heavy (non-hydrogen) atoms. The first-order valence-electron chi connectivity index (χ1n) is 6.50. The molecule has 0 saturated heterocycles. The van der Waals surface area contributed by atoms with Gasteiger partial charge in [-0.25, -0.2) is 0 Å². The Morgan fingerprint density at radius 1 is 0.867 bits per heavy atom. The second-order valence-electron chi connectivity index (χ2n) is 6.87. The fourth-order valence-corrected chi connectivity index (χ4v) is 0.770. The fourth-order valence-electron chi connectivity index (χ4n) is 0.770. The average Bonchev–Trinajstić information content (AvgIpc) is 2.01. The monoisotopic (exact) mass is 246 g/mol. The first kappa shape index (κ1) is 17.8. The maximum Gasteiger partial charge on any atom is 0.0361 e. The van der Waals surface area contributed by atoms with E-state index in [1.807, 2.05) is 0 Å². The van der Waals surface area contributed by atoms with Gasteiger partial charge in [0.25, 0.3) is 0 Å². The molecule has 0 N–H and O–H groups in total. The molecular weight excluding hydrogens is 212 g/mol. The maximum absolute atomic E-state index is 2.39. The van der Waals surface area contributed by atoms with Gasteiger partial charge in [-0.1, -0.05) is 67.1 Å². The molecule has 0 unspecified atom stereocenters. The average molecular weight is 247 g/mol. The van der Waals surface area contributed by atoms with Gasteiger partial charge in [0.1, 0.15) is 0 Å². The van der Waals surface area contributed by atoms with Crippen molar-refractivity contribution in [1.29, 1.82) is 0 Å². The molecule has 0 saturated carbocycles. The Morgan fingerprint density at radius 3 is 1.07 bits per heavy atom. The van der Waals surface area contributed by atoms with E-state index in [4.69, 9.17) is 0 Å². The molecule has 0 heterocycles. The molecule has 0 aliphatic rings. The normalized spacial score (nSPS) is 12.6. The lowest BCUT2D eigenvalue weighted by Gasteiger charge is -2.21. The molecule has 0 nitrogen and oxygen atoms in total. The van der Waals surface area contributed by atoms with Gasteiger partial charge in [-0.15, -0.1) is 0 Å². The van der Waals surface area contributed by atoms with Crippen LogP contribution in [-0.4, -0.2) is 19.0 Å². The van der Waals surface area contributed by atoms with Crippen LogP contribution in [0.15, 0.2) is 0 Å². The van der Waals surface area contributed by atoms with Crippen LogP contribution in [0.3, 0.4) is 0 Å². The summed E-state index contributed by atoms with van der Waals surface area (Å²) in [5.41, 5.74) is 1.01. The molecule has 0 aromatic heterocycles. The van der Waals surface area contributed by atoms with Crippen molar-refractivity contribution >= 4 is 19.0 Å². The Bertz CT molecular complexity index is 135. The molecule has 2 heteroatoms. The van der Waals surface area contributed by atoms with Crippen molar-refractivity contribution in [3.05, 3.63) is 0 Å². The molecule has 0 fully saturated rings. The first-order chi connectivity index (χ1) is 6.50. The Labute approximate surface area is 103 Å². The third-order valence-corrected chi connectivity index (χ3v) is 9.97. The molecular formula is C13H34Si2. The predicted octanol–water partition coefficient (Wildman–Crippen LogP) is 3.73. The zero-order chi connectivity index (χ0) is 12.8. The quantitative estimate of drug-likeness (QED) is 0.652. The summed E-state index contributed by atoms with van der Waals surface area (Å²) in [6.45, 7) is 21.0. The minimum Gasteiger partial charge on any atom is -0.0718 e. The Hall–Kier alpha value is 0.434. The topological polar surface area (TPSA) is 0 Å². The highest BCUT2D eigenvalue weighted by Crippen LogP contribution is 2.25. The van der Waals surface area contributed by atoms with Crippen LogP contribution in [0, 0.1) is 11.8 Å². The van der Waals surface area contributed by atoms with Gasteiger partial charge in [-0.05, 0) is 16.9 Å². The van der Waals surface area contributed by atoms with Gasteiger partial charge in [0, 0.05) is 19.0 Å². The van der Waals surface area contributed by atoms with E-state index in [9.17, 15) is 0 Å². The minimum atomic E-state index is -0.359. The zero-order valence-electron chi connectivity index (χ0n) is 12.8. The van der Waals surface area contributed by atoms with Crippen LogP contribution < -0.4 is 0 Å². The lowest BCUT2D eigenvalue weighted by atomic mass is 10.00. The van der Waals surface area contributed by atoms with E-state index in [0.717, 1.165) is 17.4 Å². The molecule has 0 spiro atoms. The Morgan fingerprint density at radius 2 is 1.07 bits per heavy atom. The van der Waals surface area contributed by atoms with Crippen molar-refractivity contribution in [2.75, 3.05) is 0 Å². The van der Waals surface area contributed by atoms with Crippen LogP contribution in [0.1, 0.15) is 48.5 Å².